The normalized spacial score (nSPS) is 12.9. The molecule has 96 valence electrons. The summed E-state index contributed by atoms with van der Waals surface area (Å²) in [5.74, 6) is 0. The summed E-state index contributed by atoms with van der Waals surface area (Å²) in [6, 6.07) is 5.38. The number of aromatic nitrogens is 1. The first-order valence-corrected chi connectivity index (χ1v) is 6.31. The van der Waals surface area contributed by atoms with Gasteiger partial charge in [0.15, 0.2) is 0 Å². The molecular weight excluding hydrogens is 273 g/mol. The summed E-state index contributed by atoms with van der Waals surface area (Å²) in [6.07, 6.45) is -0.481. The van der Waals surface area contributed by atoms with Crippen LogP contribution in [-0.4, -0.2) is 27.9 Å². The molecule has 2 aromatic rings. The minimum absolute atomic E-state index is 0.278. The SMILES string of the molecule is Cc1cc(CC(O)CO)nc2cc(Cl)c(Cl)cc12. The molecule has 0 radical (unpaired) electrons. The summed E-state index contributed by atoms with van der Waals surface area (Å²) in [5, 5.41) is 20.2. The number of pyridine rings is 1. The fourth-order valence-corrected chi connectivity index (χ4v) is 2.19. The van der Waals surface area contributed by atoms with Crippen molar-refractivity contribution in [3.63, 3.8) is 0 Å². The number of rotatable bonds is 3. The van der Waals surface area contributed by atoms with Gasteiger partial charge in [-0.15, -0.1) is 0 Å². The van der Waals surface area contributed by atoms with Crippen molar-refractivity contribution in [3.05, 3.63) is 39.5 Å². The van der Waals surface area contributed by atoms with Crippen LogP contribution < -0.4 is 0 Å². The highest BCUT2D eigenvalue weighted by atomic mass is 35.5. The van der Waals surface area contributed by atoms with E-state index in [1.165, 1.54) is 0 Å². The molecule has 3 nitrogen and oxygen atoms in total. The minimum Gasteiger partial charge on any atom is -0.394 e. The van der Waals surface area contributed by atoms with Gasteiger partial charge in [0, 0.05) is 17.5 Å². The topological polar surface area (TPSA) is 53.4 Å². The lowest BCUT2D eigenvalue weighted by atomic mass is 10.1. The lowest BCUT2D eigenvalue weighted by molar-refractivity contribution is 0.0948. The minimum atomic E-state index is -0.794. The first-order chi connectivity index (χ1) is 8.51. The first kappa shape index (κ1) is 13.6. The highest BCUT2D eigenvalue weighted by molar-refractivity contribution is 6.42. The van der Waals surface area contributed by atoms with Gasteiger partial charge in [0.25, 0.3) is 0 Å². The summed E-state index contributed by atoms with van der Waals surface area (Å²) in [4.78, 5) is 4.41. The summed E-state index contributed by atoms with van der Waals surface area (Å²) in [6.45, 7) is 1.67. The molecule has 0 fully saturated rings. The number of aliphatic hydroxyl groups is 2. The molecule has 0 saturated carbocycles. The number of hydrogen-bond donors (Lipinski definition) is 2. The Balaban J connectivity index is 2.51. The second kappa shape index (κ2) is 5.41. The van der Waals surface area contributed by atoms with Gasteiger partial charge in [0.1, 0.15) is 0 Å². The third kappa shape index (κ3) is 2.75. The zero-order valence-electron chi connectivity index (χ0n) is 9.82. The number of nitrogens with zero attached hydrogens (tertiary/aromatic N) is 1. The number of fused-ring (bicyclic) bond motifs is 1. The molecule has 0 aliphatic heterocycles. The molecular formula is C13H13Cl2NO2. The van der Waals surface area contributed by atoms with Gasteiger partial charge >= 0.3 is 0 Å². The van der Waals surface area contributed by atoms with E-state index in [0.29, 0.717) is 16.5 Å². The highest BCUT2D eigenvalue weighted by Gasteiger charge is 2.10. The van der Waals surface area contributed by atoms with Gasteiger partial charge < -0.3 is 10.2 Å². The third-order valence-corrected chi connectivity index (χ3v) is 3.49. The van der Waals surface area contributed by atoms with Crippen LogP contribution in [0.25, 0.3) is 10.9 Å². The maximum absolute atomic E-state index is 9.44. The Morgan fingerprint density at radius 2 is 1.89 bits per heavy atom. The van der Waals surface area contributed by atoms with E-state index < -0.39 is 6.10 Å². The van der Waals surface area contributed by atoms with Gasteiger partial charge in [0.05, 0.1) is 28.3 Å². The van der Waals surface area contributed by atoms with Crippen LogP contribution in [0.3, 0.4) is 0 Å². The molecule has 0 saturated heterocycles. The van der Waals surface area contributed by atoms with Crippen LogP contribution in [0.1, 0.15) is 11.3 Å². The molecule has 18 heavy (non-hydrogen) atoms. The lowest BCUT2D eigenvalue weighted by Crippen LogP contribution is -2.16. The quantitative estimate of drug-likeness (QED) is 0.912. The monoisotopic (exact) mass is 285 g/mol. The molecule has 2 N–H and O–H groups in total. The number of halogens is 2. The van der Waals surface area contributed by atoms with Gasteiger partial charge in [-0.1, -0.05) is 23.2 Å². The predicted molar refractivity (Wildman–Crippen MR) is 73.3 cm³/mol. The van der Waals surface area contributed by atoms with Crippen molar-refractivity contribution in [1.29, 1.82) is 0 Å². The Kier molecular flexibility index (Phi) is 4.07. The van der Waals surface area contributed by atoms with Crippen LogP contribution in [0, 0.1) is 6.92 Å². The van der Waals surface area contributed by atoms with Crippen molar-refractivity contribution < 1.29 is 10.2 Å². The summed E-state index contributed by atoms with van der Waals surface area (Å²) in [5.41, 5.74) is 2.48. The number of hydrogen-bond acceptors (Lipinski definition) is 3. The molecule has 0 aliphatic rings. The Morgan fingerprint density at radius 1 is 1.22 bits per heavy atom. The van der Waals surface area contributed by atoms with E-state index >= 15 is 0 Å². The summed E-state index contributed by atoms with van der Waals surface area (Å²) in [7, 11) is 0. The highest BCUT2D eigenvalue weighted by Crippen LogP contribution is 2.29. The van der Waals surface area contributed by atoms with Crippen molar-refractivity contribution in [3.8, 4) is 0 Å². The third-order valence-electron chi connectivity index (χ3n) is 2.77. The van der Waals surface area contributed by atoms with Crippen LogP contribution in [-0.2, 0) is 6.42 Å². The molecule has 1 atom stereocenters. The second-order valence-corrected chi connectivity index (χ2v) is 5.07. The molecule has 1 aromatic carbocycles. The van der Waals surface area contributed by atoms with Crippen molar-refractivity contribution >= 4 is 34.1 Å². The van der Waals surface area contributed by atoms with Gasteiger partial charge in [0.2, 0.25) is 0 Å². The van der Waals surface area contributed by atoms with E-state index in [2.05, 4.69) is 4.98 Å². The van der Waals surface area contributed by atoms with Gasteiger partial charge in [-0.3, -0.25) is 4.98 Å². The Bertz CT molecular complexity index is 587. The zero-order valence-corrected chi connectivity index (χ0v) is 11.3. The molecule has 1 heterocycles. The molecule has 2 rings (SSSR count). The predicted octanol–water partition coefficient (Wildman–Crippen LogP) is 2.75. The number of aryl methyl sites for hydroxylation is 1. The van der Waals surface area contributed by atoms with Crippen molar-refractivity contribution in [1.82, 2.24) is 4.98 Å². The molecule has 1 aromatic heterocycles. The molecule has 0 aliphatic carbocycles. The molecule has 0 amide bonds. The van der Waals surface area contributed by atoms with Crippen LogP contribution >= 0.6 is 23.2 Å². The summed E-state index contributed by atoms with van der Waals surface area (Å²) >= 11 is 11.9. The van der Waals surface area contributed by atoms with E-state index in [9.17, 15) is 5.11 Å². The van der Waals surface area contributed by atoms with Crippen LogP contribution in [0.5, 0.6) is 0 Å². The fraction of sp³-hybridized carbons (Fsp3) is 0.308. The summed E-state index contributed by atoms with van der Waals surface area (Å²) < 4.78 is 0. The van der Waals surface area contributed by atoms with E-state index in [1.807, 2.05) is 13.0 Å². The van der Waals surface area contributed by atoms with Crippen LogP contribution in [0.2, 0.25) is 10.0 Å². The molecule has 0 bridgehead atoms. The van der Waals surface area contributed by atoms with E-state index in [-0.39, 0.29) is 6.61 Å². The lowest BCUT2D eigenvalue weighted by Gasteiger charge is -2.10. The first-order valence-electron chi connectivity index (χ1n) is 5.55. The number of aliphatic hydroxyl groups excluding tert-OH is 2. The van der Waals surface area contributed by atoms with E-state index in [4.69, 9.17) is 28.3 Å². The number of benzene rings is 1. The zero-order chi connectivity index (χ0) is 13.3. The van der Waals surface area contributed by atoms with Crippen molar-refractivity contribution in [2.24, 2.45) is 0 Å². The standard InChI is InChI=1S/C13H13Cl2NO2/c1-7-2-8(3-9(18)6-17)16-13-5-12(15)11(14)4-10(7)13/h2,4-5,9,17-18H,3,6H2,1H3. The fourth-order valence-electron chi connectivity index (χ4n) is 1.87. The molecule has 1 unspecified atom stereocenters. The van der Waals surface area contributed by atoms with E-state index in [1.54, 1.807) is 12.1 Å². The van der Waals surface area contributed by atoms with Crippen molar-refractivity contribution in [2.45, 2.75) is 19.4 Å². The second-order valence-electron chi connectivity index (χ2n) is 4.25. The van der Waals surface area contributed by atoms with Gasteiger partial charge in [-0.2, -0.15) is 0 Å². The average molecular weight is 286 g/mol. The Hall–Kier alpha value is -0.870. The molecule has 5 heteroatoms. The Labute approximate surface area is 115 Å². The smallest absolute Gasteiger partial charge is 0.0826 e. The molecule has 0 spiro atoms. The maximum Gasteiger partial charge on any atom is 0.0826 e. The maximum atomic E-state index is 9.44. The Morgan fingerprint density at radius 3 is 2.56 bits per heavy atom. The van der Waals surface area contributed by atoms with E-state index in [0.717, 1.165) is 22.2 Å². The van der Waals surface area contributed by atoms with Crippen molar-refractivity contribution in [2.75, 3.05) is 6.61 Å². The van der Waals surface area contributed by atoms with Crippen LogP contribution in [0.15, 0.2) is 18.2 Å². The van der Waals surface area contributed by atoms with Gasteiger partial charge in [-0.05, 0) is 30.7 Å². The van der Waals surface area contributed by atoms with Crippen LogP contribution in [0.4, 0.5) is 0 Å². The van der Waals surface area contributed by atoms with Gasteiger partial charge in [-0.25, -0.2) is 0 Å². The average Bonchev–Trinajstić information content (AvgIpc) is 2.32. The largest absolute Gasteiger partial charge is 0.394 e.